The third-order valence-electron chi connectivity index (χ3n) is 3.88. The number of terminal acetylenes is 1. The standard InChI is InChI=1S/C14H15N3O4/c1-3-14(13(20)12(19)10(6-18)21-14)11-5-4-9-8(2)15-7-16-17(9)11/h1,4-5,7,10,12-13,18-20H,6H2,2H3/t10-,12-,13-,14+/m1/s1. The number of hydrogen-bond acceptors (Lipinski definition) is 6. The van der Waals surface area contributed by atoms with Gasteiger partial charge in [0.2, 0.25) is 0 Å². The van der Waals surface area contributed by atoms with Crippen molar-refractivity contribution in [3.63, 3.8) is 0 Å². The molecular weight excluding hydrogens is 274 g/mol. The van der Waals surface area contributed by atoms with Crippen LogP contribution in [0.25, 0.3) is 5.52 Å². The maximum atomic E-state index is 10.3. The molecule has 7 nitrogen and oxygen atoms in total. The number of hydrogen-bond donors (Lipinski definition) is 3. The molecule has 0 aliphatic carbocycles. The zero-order valence-corrected chi connectivity index (χ0v) is 11.3. The first-order valence-electron chi connectivity index (χ1n) is 6.47. The second-order valence-corrected chi connectivity index (χ2v) is 5.02. The van der Waals surface area contributed by atoms with Crippen LogP contribution in [0.1, 0.15) is 11.4 Å². The van der Waals surface area contributed by atoms with E-state index in [0.29, 0.717) is 5.69 Å². The minimum atomic E-state index is -1.57. The van der Waals surface area contributed by atoms with Gasteiger partial charge in [0, 0.05) is 0 Å². The third-order valence-corrected chi connectivity index (χ3v) is 3.88. The first-order chi connectivity index (χ1) is 10.0. The van der Waals surface area contributed by atoms with E-state index in [2.05, 4.69) is 16.0 Å². The Labute approximate surface area is 120 Å². The molecule has 0 spiro atoms. The highest BCUT2D eigenvalue weighted by Gasteiger charge is 2.55. The monoisotopic (exact) mass is 289 g/mol. The molecule has 4 atom stereocenters. The van der Waals surface area contributed by atoms with E-state index in [9.17, 15) is 15.3 Å². The number of fused-ring (bicyclic) bond motifs is 1. The van der Waals surface area contributed by atoms with Gasteiger partial charge in [-0.3, -0.25) is 0 Å². The van der Waals surface area contributed by atoms with Crippen molar-refractivity contribution in [3.05, 3.63) is 29.8 Å². The van der Waals surface area contributed by atoms with Crippen LogP contribution in [-0.4, -0.2) is 54.8 Å². The van der Waals surface area contributed by atoms with Crippen LogP contribution in [0.4, 0.5) is 0 Å². The fourth-order valence-corrected chi connectivity index (χ4v) is 2.71. The Balaban J connectivity index is 2.20. The van der Waals surface area contributed by atoms with Gasteiger partial charge in [-0.05, 0) is 19.1 Å². The normalized spacial score (nSPS) is 32.4. The van der Waals surface area contributed by atoms with E-state index in [1.165, 1.54) is 10.8 Å². The largest absolute Gasteiger partial charge is 0.394 e. The molecule has 21 heavy (non-hydrogen) atoms. The van der Waals surface area contributed by atoms with Crippen LogP contribution in [-0.2, 0) is 10.3 Å². The molecule has 3 heterocycles. The van der Waals surface area contributed by atoms with Crippen LogP contribution in [0.2, 0.25) is 0 Å². The summed E-state index contributed by atoms with van der Waals surface area (Å²) in [6.45, 7) is 1.37. The molecule has 0 amide bonds. The molecule has 0 aromatic carbocycles. The van der Waals surface area contributed by atoms with E-state index < -0.39 is 30.5 Å². The minimum Gasteiger partial charge on any atom is -0.394 e. The first-order valence-corrected chi connectivity index (χ1v) is 6.47. The van der Waals surface area contributed by atoms with Crippen LogP contribution in [0.3, 0.4) is 0 Å². The van der Waals surface area contributed by atoms with Crippen molar-refractivity contribution in [2.45, 2.75) is 30.8 Å². The highest BCUT2D eigenvalue weighted by Crippen LogP contribution is 2.39. The van der Waals surface area contributed by atoms with Gasteiger partial charge in [0.15, 0.2) is 5.60 Å². The summed E-state index contributed by atoms with van der Waals surface area (Å²) in [5.41, 5.74) is 0.308. The van der Waals surface area contributed by atoms with Gasteiger partial charge in [-0.25, -0.2) is 9.50 Å². The molecule has 110 valence electrons. The van der Waals surface area contributed by atoms with Gasteiger partial charge in [0.05, 0.1) is 23.5 Å². The summed E-state index contributed by atoms with van der Waals surface area (Å²) >= 11 is 0. The Morgan fingerprint density at radius 2 is 2.24 bits per heavy atom. The van der Waals surface area contributed by atoms with Crippen molar-refractivity contribution < 1.29 is 20.1 Å². The highest BCUT2D eigenvalue weighted by molar-refractivity contribution is 5.54. The lowest BCUT2D eigenvalue weighted by Crippen LogP contribution is -2.40. The van der Waals surface area contributed by atoms with Crippen molar-refractivity contribution in [2.24, 2.45) is 0 Å². The van der Waals surface area contributed by atoms with Crippen molar-refractivity contribution >= 4 is 5.52 Å². The summed E-state index contributed by atoms with van der Waals surface area (Å²) in [4.78, 5) is 4.08. The molecule has 1 aliphatic heterocycles. The Morgan fingerprint density at radius 1 is 1.48 bits per heavy atom. The lowest BCUT2D eigenvalue weighted by atomic mass is 9.92. The fourth-order valence-electron chi connectivity index (χ4n) is 2.71. The fraction of sp³-hybridized carbons (Fsp3) is 0.429. The number of aliphatic hydroxyl groups is 3. The van der Waals surface area contributed by atoms with Crippen LogP contribution in [0, 0.1) is 19.3 Å². The van der Waals surface area contributed by atoms with Crippen LogP contribution < -0.4 is 0 Å². The Bertz CT molecular complexity index is 723. The number of aryl methyl sites for hydroxylation is 1. The first kappa shape index (κ1) is 14.0. The maximum Gasteiger partial charge on any atom is 0.199 e. The number of ether oxygens (including phenoxy) is 1. The topological polar surface area (TPSA) is 100 Å². The van der Waals surface area contributed by atoms with Gasteiger partial charge in [-0.2, -0.15) is 5.10 Å². The van der Waals surface area contributed by atoms with Crippen molar-refractivity contribution in [2.75, 3.05) is 6.61 Å². The summed E-state index contributed by atoms with van der Waals surface area (Å²) in [6, 6.07) is 3.44. The summed E-state index contributed by atoms with van der Waals surface area (Å²) < 4.78 is 7.12. The second-order valence-electron chi connectivity index (χ2n) is 5.02. The molecule has 1 fully saturated rings. The van der Waals surface area contributed by atoms with E-state index in [1.807, 2.05) is 6.92 Å². The Kier molecular flexibility index (Phi) is 3.19. The summed E-state index contributed by atoms with van der Waals surface area (Å²) in [6.07, 6.45) is 3.35. The van der Waals surface area contributed by atoms with E-state index in [0.717, 1.165) is 11.2 Å². The zero-order valence-electron chi connectivity index (χ0n) is 11.3. The maximum absolute atomic E-state index is 10.3. The van der Waals surface area contributed by atoms with Crippen molar-refractivity contribution in [3.8, 4) is 12.3 Å². The predicted molar refractivity (Wildman–Crippen MR) is 72.2 cm³/mol. The summed E-state index contributed by atoms with van der Waals surface area (Å²) in [5, 5.41) is 33.7. The Hall–Kier alpha value is -1.98. The number of rotatable bonds is 2. The average Bonchev–Trinajstić information content (AvgIpc) is 3.03. The lowest BCUT2D eigenvalue weighted by molar-refractivity contribution is -0.0629. The zero-order chi connectivity index (χ0) is 15.2. The van der Waals surface area contributed by atoms with Gasteiger partial charge in [0.25, 0.3) is 0 Å². The van der Waals surface area contributed by atoms with Gasteiger partial charge >= 0.3 is 0 Å². The summed E-state index contributed by atoms with van der Waals surface area (Å²) in [5.74, 6) is 2.41. The predicted octanol–water partition coefficient (Wildman–Crippen LogP) is -1.02. The van der Waals surface area contributed by atoms with Gasteiger partial charge in [-0.1, -0.05) is 5.92 Å². The molecule has 2 aromatic rings. The van der Waals surface area contributed by atoms with Gasteiger partial charge < -0.3 is 20.1 Å². The molecule has 0 bridgehead atoms. The van der Waals surface area contributed by atoms with E-state index in [4.69, 9.17) is 11.2 Å². The lowest BCUT2D eigenvalue weighted by Gasteiger charge is -2.26. The molecule has 2 aromatic heterocycles. The molecule has 1 saturated heterocycles. The summed E-state index contributed by atoms with van der Waals surface area (Å²) in [7, 11) is 0. The third kappa shape index (κ3) is 1.78. The second kappa shape index (κ2) is 4.79. The number of nitrogens with zero attached hydrogens (tertiary/aromatic N) is 3. The average molecular weight is 289 g/mol. The van der Waals surface area contributed by atoms with Gasteiger partial charge in [0.1, 0.15) is 24.6 Å². The molecule has 0 saturated carbocycles. The molecule has 3 N–H and O–H groups in total. The quantitative estimate of drug-likeness (QED) is 0.612. The SMILES string of the molecule is C#C[C@@]1(c2ccc3c(C)ncnn23)O[C@H](CO)[C@@H](O)[C@H]1O. The molecule has 1 aliphatic rings. The molecular formula is C14H15N3O4. The smallest absolute Gasteiger partial charge is 0.199 e. The van der Waals surface area contributed by atoms with Crippen LogP contribution in [0.5, 0.6) is 0 Å². The molecule has 3 rings (SSSR count). The van der Waals surface area contributed by atoms with E-state index in [-0.39, 0.29) is 0 Å². The number of aromatic nitrogens is 3. The van der Waals surface area contributed by atoms with E-state index >= 15 is 0 Å². The number of aliphatic hydroxyl groups excluding tert-OH is 3. The minimum absolute atomic E-state index is 0.410. The highest BCUT2D eigenvalue weighted by atomic mass is 16.6. The van der Waals surface area contributed by atoms with Gasteiger partial charge in [-0.15, -0.1) is 6.42 Å². The Morgan fingerprint density at radius 3 is 2.86 bits per heavy atom. The molecule has 0 radical (unpaired) electrons. The molecule has 0 unspecified atom stereocenters. The molecule has 7 heteroatoms. The van der Waals surface area contributed by atoms with Crippen molar-refractivity contribution in [1.29, 1.82) is 0 Å². The van der Waals surface area contributed by atoms with E-state index in [1.54, 1.807) is 12.1 Å². The van der Waals surface area contributed by atoms with Crippen LogP contribution in [0.15, 0.2) is 18.5 Å². The van der Waals surface area contributed by atoms with Crippen LogP contribution >= 0.6 is 0 Å². The van der Waals surface area contributed by atoms with Crippen molar-refractivity contribution in [1.82, 2.24) is 14.6 Å².